The molecule has 6 nitrogen and oxygen atoms in total. The highest BCUT2D eigenvalue weighted by molar-refractivity contribution is 5.95. The number of amides is 2. The molecule has 0 atom stereocenters. The molecule has 1 spiro atoms. The van der Waals surface area contributed by atoms with Crippen molar-refractivity contribution < 1.29 is 19.1 Å². The van der Waals surface area contributed by atoms with Crippen LogP contribution in [-0.2, 0) is 19.1 Å². The van der Waals surface area contributed by atoms with E-state index in [1.807, 2.05) is 40.1 Å². The second-order valence-corrected chi connectivity index (χ2v) is 7.93. The number of benzene rings is 1. The van der Waals surface area contributed by atoms with Gasteiger partial charge in [-0.3, -0.25) is 9.59 Å². The van der Waals surface area contributed by atoms with Crippen molar-refractivity contribution in [3.63, 3.8) is 0 Å². The molecule has 0 saturated carbocycles. The van der Waals surface area contributed by atoms with Crippen molar-refractivity contribution in [2.24, 2.45) is 5.92 Å². The molecule has 3 aliphatic rings. The van der Waals surface area contributed by atoms with Crippen molar-refractivity contribution in [3.05, 3.63) is 30.3 Å². The van der Waals surface area contributed by atoms with E-state index in [0.29, 0.717) is 32.0 Å². The first-order valence-electron chi connectivity index (χ1n) is 10.0. The Labute approximate surface area is 160 Å². The first kappa shape index (κ1) is 18.4. The average molecular weight is 372 g/mol. The molecule has 3 saturated heterocycles. The number of ether oxygens (including phenoxy) is 2. The summed E-state index contributed by atoms with van der Waals surface area (Å²) < 4.78 is 11.4. The van der Waals surface area contributed by atoms with Gasteiger partial charge in [-0.05, 0) is 43.7 Å². The Morgan fingerprint density at radius 1 is 1.11 bits per heavy atom. The third-order valence-electron chi connectivity index (χ3n) is 6.15. The van der Waals surface area contributed by atoms with Crippen molar-refractivity contribution in [2.75, 3.05) is 44.4 Å². The molecule has 0 N–H and O–H groups in total. The molecule has 0 bridgehead atoms. The van der Waals surface area contributed by atoms with Crippen LogP contribution in [0.1, 0.15) is 32.1 Å². The zero-order valence-electron chi connectivity index (χ0n) is 15.8. The Morgan fingerprint density at radius 3 is 2.52 bits per heavy atom. The quantitative estimate of drug-likeness (QED) is 0.816. The number of likely N-dealkylation sites (tertiary alicyclic amines) is 1. The molecule has 0 unspecified atom stereocenters. The smallest absolute Gasteiger partial charge is 0.253 e. The predicted molar refractivity (Wildman–Crippen MR) is 101 cm³/mol. The highest BCUT2D eigenvalue weighted by Crippen LogP contribution is 2.33. The second-order valence-electron chi connectivity index (χ2n) is 7.93. The van der Waals surface area contributed by atoms with E-state index < -0.39 is 0 Å². The SMILES string of the molecule is O=C(CC1CCOCC1)N1CCC2(CC1)CN(c1ccccc1)C(=O)CO2. The normalized spacial score (nSPS) is 23.6. The van der Waals surface area contributed by atoms with E-state index in [-0.39, 0.29) is 24.0 Å². The minimum atomic E-state index is -0.334. The summed E-state index contributed by atoms with van der Waals surface area (Å²) >= 11 is 0. The summed E-state index contributed by atoms with van der Waals surface area (Å²) in [5.41, 5.74) is 0.586. The zero-order chi connectivity index (χ0) is 18.7. The molecule has 6 heteroatoms. The molecule has 27 heavy (non-hydrogen) atoms. The Kier molecular flexibility index (Phi) is 5.45. The predicted octanol–water partition coefficient (Wildman–Crippen LogP) is 2.23. The fourth-order valence-corrected chi connectivity index (χ4v) is 4.35. The third-order valence-corrected chi connectivity index (χ3v) is 6.15. The van der Waals surface area contributed by atoms with Gasteiger partial charge < -0.3 is 19.3 Å². The first-order chi connectivity index (χ1) is 13.2. The molecule has 0 aliphatic carbocycles. The molecule has 1 aromatic carbocycles. The van der Waals surface area contributed by atoms with Crippen molar-refractivity contribution in [1.29, 1.82) is 0 Å². The lowest BCUT2D eigenvalue weighted by Gasteiger charge is -2.47. The first-order valence-corrected chi connectivity index (χ1v) is 10.0. The highest BCUT2D eigenvalue weighted by atomic mass is 16.5. The number of rotatable bonds is 3. The van der Waals surface area contributed by atoms with Gasteiger partial charge in [0.1, 0.15) is 6.61 Å². The Morgan fingerprint density at radius 2 is 1.81 bits per heavy atom. The van der Waals surface area contributed by atoms with Crippen molar-refractivity contribution >= 4 is 17.5 Å². The minimum Gasteiger partial charge on any atom is -0.381 e. The van der Waals surface area contributed by atoms with E-state index >= 15 is 0 Å². The van der Waals surface area contributed by atoms with Crippen LogP contribution < -0.4 is 4.90 Å². The van der Waals surface area contributed by atoms with Gasteiger partial charge in [0.2, 0.25) is 5.91 Å². The largest absolute Gasteiger partial charge is 0.381 e. The summed E-state index contributed by atoms with van der Waals surface area (Å²) in [4.78, 5) is 28.8. The lowest BCUT2D eigenvalue weighted by molar-refractivity contribution is -0.151. The van der Waals surface area contributed by atoms with Crippen LogP contribution in [0.4, 0.5) is 5.69 Å². The Hall–Kier alpha value is -1.92. The van der Waals surface area contributed by atoms with Crippen LogP contribution >= 0.6 is 0 Å². The number of piperidine rings is 1. The number of carbonyl (C=O) groups excluding carboxylic acids is 2. The topological polar surface area (TPSA) is 59.1 Å². The maximum absolute atomic E-state index is 12.7. The molecule has 3 fully saturated rings. The average Bonchev–Trinajstić information content (AvgIpc) is 2.72. The van der Waals surface area contributed by atoms with E-state index in [2.05, 4.69) is 0 Å². The van der Waals surface area contributed by atoms with Gasteiger partial charge in [-0.1, -0.05) is 18.2 Å². The van der Waals surface area contributed by atoms with Crippen molar-refractivity contribution in [2.45, 2.75) is 37.7 Å². The van der Waals surface area contributed by atoms with E-state index in [4.69, 9.17) is 9.47 Å². The number of anilines is 1. The lowest BCUT2D eigenvalue weighted by atomic mass is 9.88. The van der Waals surface area contributed by atoms with E-state index in [9.17, 15) is 9.59 Å². The summed E-state index contributed by atoms with van der Waals surface area (Å²) in [6, 6.07) is 9.77. The fourth-order valence-electron chi connectivity index (χ4n) is 4.35. The van der Waals surface area contributed by atoms with Gasteiger partial charge in [-0.15, -0.1) is 0 Å². The third kappa shape index (κ3) is 4.17. The summed E-state index contributed by atoms with van der Waals surface area (Å²) in [5.74, 6) is 0.715. The van der Waals surface area contributed by atoms with Crippen LogP contribution in [0.25, 0.3) is 0 Å². The molecule has 2 amide bonds. The molecule has 0 radical (unpaired) electrons. The van der Waals surface area contributed by atoms with Crippen LogP contribution in [0.5, 0.6) is 0 Å². The van der Waals surface area contributed by atoms with Crippen LogP contribution in [0.15, 0.2) is 30.3 Å². The van der Waals surface area contributed by atoms with Crippen LogP contribution in [0, 0.1) is 5.92 Å². The number of hydrogen-bond donors (Lipinski definition) is 0. The summed E-state index contributed by atoms with van der Waals surface area (Å²) in [6.45, 7) is 3.65. The van der Waals surface area contributed by atoms with E-state index in [0.717, 1.165) is 44.6 Å². The van der Waals surface area contributed by atoms with Gasteiger partial charge in [0.25, 0.3) is 5.91 Å². The standard InChI is InChI=1S/C21H28N2O4/c24-19(14-17-6-12-26-13-7-17)22-10-8-21(9-11-22)16-23(20(25)15-27-21)18-4-2-1-3-5-18/h1-5,17H,6-16H2. The van der Waals surface area contributed by atoms with Crippen LogP contribution in [0.2, 0.25) is 0 Å². The molecule has 0 aromatic heterocycles. The van der Waals surface area contributed by atoms with Crippen molar-refractivity contribution in [1.82, 2.24) is 4.90 Å². The number of nitrogens with zero attached hydrogens (tertiary/aromatic N) is 2. The number of carbonyl (C=O) groups is 2. The van der Waals surface area contributed by atoms with Gasteiger partial charge >= 0.3 is 0 Å². The van der Waals surface area contributed by atoms with Crippen LogP contribution in [0.3, 0.4) is 0 Å². The summed E-state index contributed by atoms with van der Waals surface area (Å²) in [7, 11) is 0. The van der Waals surface area contributed by atoms with Crippen LogP contribution in [-0.4, -0.2) is 61.8 Å². The van der Waals surface area contributed by atoms with E-state index in [1.54, 1.807) is 0 Å². The Bertz CT molecular complexity index is 664. The lowest BCUT2D eigenvalue weighted by Crippen LogP contribution is -2.59. The molecule has 1 aromatic rings. The van der Waals surface area contributed by atoms with Gasteiger partial charge in [0, 0.05) is 38.4 Å². The highest BCUT2D eigenvalue weighted by Gasteiger charge is 2.43. The maximum Gasteiger partial charge on any atom is 0.253 e. The summed E-state index contributed by atoms with van der Waals surface area (Å²) in [5, 5.41) is 0. The van der Waals surface area contributed by atoms with Gasteiger partial charge in [0.05, 0.1) is 12.1 Å². The summed E-state index contributed by atoms with van der Waals surface area (Å²) in [6.07, 6.45) is 4.17. The molecule has 3 aliphatic heterocycles. The Balaban J connectivity index is 1.35. The molecular formula is C21H28N2O4. The van der Waals surface area contributed by atoms with E-state index in [1.165, 1.54) is 0 Å². The van der Waals surface area contributed by atoms with Crippen molar-refractivity contribution in [3.8, 4) is 0 Å². The molecular weight excluding hydrogens is 344 g/mol. The molecule has 4 rings (SSSR count). The number of morpholine rings is 1. The number of hydrogen-bond acceptors (Lipinski definition) is 4. The fraction of sp³-hybridized carbons (Fsp3) is 0.619. The molecule has 3 heterocycles. The monoisotopic (exact) mass is 372 g/mol. The minimum absolute atomic E-state index is 0.00449. The van der Waals surface area contributed by atoms with Gasteiger partial charge in [0.15, 0.2) is 0 Å². The number of para-hydroxylation sites is 1. The maximum atomic E-state index is 12.7. The second kappa shape index (κ2) is 7.98. The van der Waals surface area contributed by atoms with Gasteiger partial charge in [-0.25, -0.2) is 0 Å². The van der Waals surface area contributed by atoms with Gasteiger partial charge in [-0.2, -0.15) is 0 Å². The zero-order valence-corrected chi connectivity index (χ0v) is 15.8. The molecule has 146 valence electrons.